The van der Waals surface area contributed by atoms with Crippen LogP contribution >= 0.6 is 35.7 Å². The van der Waals surface area contributed by atoms with Crippen molar-refractivity contribution in [3.63, 3.8) is 0 Å². The number of nitrogens with zero attached hydrogens (tertiary/aromatic N) is 2. The largest absolute Gasteiger partial charge is 0.490 e. The van der Waals surface area contributed by atoms with Gasteiger partial charge < -0.3 is 35.2 Å². The van der Waals surface area contributed by atoms with Crippen molar-refractivity contribution in [3.05, 3.63) is 16.8 Å². The Balaban J connectivity index is 2.30. The molecule has 190 valence electrons. The molecule has 6 atom stereocenters. The second-order valence-corrected chi connectivity index (χ2v) is 11.0. The number of ether oxygens (including phenoxy) is 1. The van der Waals surface area contributed by atoms with Crippen LogP contribution in [0.2, 0.25) is 0 Å². The number of rotatable bonds is 9. The molecule has 0 aliphatic carbocycles. The molecular weight excluding hydrogens is 555 g/mol. The Morgan fingerprint density at radius 2 is 1.79 bits per heavy atom. The highest BCUT2D eigenvalue weighted by Gasteiger charge is 2.67. The number of hydrogen-bond acceptors (Lipinski definition) is 11. The Bertz CT molecular complexity index is 1120. The first kappa shape index (κ1) is 28.4. The number of aliphatic hydroxyl groups excluding tert-OH is 1. The van der Waals surface area contributed by atoms with Crippen LogP contribution in [-0.2, 0) is 31.6 Å². The average molecular weight is 569 g/mol. The zero-order chi connectivity index (χ0) is 25.6. The Hall–Kier alpha value is -0.850. The van der Waals surface area contributed by atoms with Gasteiger partial charge in [-0.2, -0.15) is 13.6 Å². The number of phosphoric ester groups is 1. The van der Waals surface area contributed by atoms with Gasteiger partial charge in [0.1, 0.15) is 13.3 Å². The van der Waals surface area contributed by atoms with E-state index in [9.17, 15) is 32.5 Å². The van der Waals surface area contributed by atoms with Crippen molar-refractivity contribution in [1.29, 1.82) is 0 Å². The number of alkyl halides is 3. The molecule has 0 radical (unpaired) electrons. The highest BCUT2D eigenvalue weighted by Crippen LogP contribution is 2.66. The first-order chi connectivity index (χ1) is 14.8. The van der Waals surface area contributed by atoms with Crippen LogP contribution in [0.4, 0.5) is 23.4 Å². The molecule has 23 heteroatoms. The van der Waals surface area contributed by atoms with E-state index in [1.807, 2.05) is 0 Å². The van der Waals surface area contributed by atoms with Crippen LogP contribution in [0.3, 0.4) is 0 Å². The summed E-state index contributed by atoms with van der Waals surface area (Å²) in [7, 11) is -17.6. The van der Waals surface area contributed by atoms with Crippen LogP contribution in [0.1, 0.15) is 6.23 Å². The van der Waals surface area contributed by atoms with Crippen LogP contribution < -0.4 is 5.73 Å². The smallest absolute Gasteiger partial charge is 0.383 e. The van der Waals surface area contributed by atoms with E-state index in [2.05, 4.69) is 35.1 Å². The average Bonchev–Trinajstić information content (AvgIpc) is 2.82. The third-order valence-corrected chi connectivity index (χ3v) is 7.90. The lowest BCUT2D eigenvalue weighted by Gasteiger charge is -2.27. The number of anilines is 1. The van der Waals surface area contributed by atoms with Gasteiger partial charge >= 0.3 is 23.5 Å². The highest BCUT2D eigenvalue weighted by atomic mass is 32.1. The molecular formula is C10H14F4N3O12P3S. The summed E-state index contributed by atoms with van der Waals surface area (Å²) in [5.41, 5.74) is 1.45. The Morgan fingerprint density at radius 1 is 1.21 bits per heavy atom. The van der Waals surface area contributed by atoms with Crippen molar-refractivity contribution in [2.45, 2.75) is 23.9 Å². The van der Waals surface area contributed by atoms with Crippen molar-refractivity contribution in [2.75, 3.05) is 19.0 Å². The topological polar surface area (TPSA) is 233 Å². The molecule has 7 N–H and O–H groups in total. The zero-order valence-electron chi connectivity index (χ0n) is 15.5. The van der Waals surface area contributed by atoms with Crippen LogP contribution in [0.5, 0.6) is 0 Å². The van der Waals surface area contributed by atoms with E-state index in [1.54, 1.807) is 0 Å². The second kappa shape index (κ2) is 9.31. The first-order valence-electron chi connectivity index (χ1n) is 7.87. The van der Waals surface area contributed by atoms with E-state index in [4.69, 9.17) is 20.4 Å². The van der Waals surface area contributed by atoms with Gasteiger partial charge in [0.2, 0.25) is 10.4 Å². The van der Waals surface area contributed by atoms with Crippen molar-refractivity contribution < 1.29 is 73.8 Å². The Morgan fingerprint density at radius 3 is 2.30 bits per heavy atom. The van der Waals surface area contributed by atoms with Crippen molar-refractivity contribution in [2.24, 2.45) is 0 Å². The fourth-order valence-corrected chi connectivity index (χ4v) is 5.76. The van der Waals surface area contributed by atoms with Crippen LogP contribution in [0.15, 0.2) is 6.20 Å². The lowest BCUT2D eigenvalue weighted by Crippen LogP contribution is -2.49. The van der Waals surface area contributed by atoms with E-state index in [0.717, 1.165) is 0 Å². The predicted molar refractivity (Wildman–Crippen MR) is 97.0 cm³/mol. The number of aliphatic hydroxyl groups is 1. The molecule has 2 rings (SSSR count). The molecule has 0 bridgehead atoms. The second-order valence-electron chi connectivity index (χ2n) is 6.25. The number of phosphoric acid groups is 3. The van der Waals surface area contributed by atoms with E-state index >= 15 is 8.78 Å². The number of nitrogens with two attached hydrogens (primary N) is 1. The minimum absolute atomic E-state index is 0.246. The molecule has 1 aliphatic heterocycles. The summed E-state index contributed by atoms with van der Waals surface area (Å²) in [5, 5.41) is 9.97. The van der Waals surface area contributed by atoms with Crippen LogP contribution in [-0.4, -0.2) is 65.1 Å². The number of nitrogen functional groups attached to an aromatic ring is 1. The van der Waals surface area contributed by atoms with Gasteiger partial charge in [-0.1, -0.05) is 0 Å². The molecule has 33 heavy (non-hydrogen) atoms. The molecule has 0 amide bonds. The maximum Gasteiger partial charge on any atom is 0.490 e. The minimum Gasteiger partial charge on any atom is -0.383 e. The molecule has 0 saturated carbocycles. The van der Waals surface area contributed by atoms with Crippen LogP contribution in [0, 0.1) is 10.6 Å². The van der Waals surface area contributed by atoms with Gasteiger partial charge in [0, 0.05) is 6.20 Å². The van der Waals surface area contributed by atoms with Crippen LogP contribution in [0.25, 0.3) is 0 Å². The summed E-state index contributed by atoms with van der Waals surface area (Å²) >= 11 is 4.69. The monoisotopic (exact) mass is 569 g/mol. The van der Waals surface area contributed by atoms with E-state index in [0.29, 0.717) is 6.20 Å². The van der Waals surface area contributed by atoms with Gasteiger partial charge in [-0.15, -0.1) is 0 Å². The summed E-state index contributed by atoms with van der Waals surface area (Å²) in [5.74, 6) is -5.99. The number of halogens is 4. The first-order valence-corrected chi connectivity index (χ1v) is 12.8. The molecule has 0 spiro atoms. The highest BCUT2D eigenvalue weighted by molar-refractivity contribution is 7.71. The normalized spacial score (nSPS) is 31.8. The SMILES string of the molecule is Nc1nc(=S)n([C@@H]2O[C@](F)(COP(=O)(O)OP(=O)(O)OP(=O)(O)O)[C@H](O)C2(F)CF)cc1F. The van der Waals surface area contributed by atoms with Crippen molar-refractivity contribution >= 4 is 41.5 Å². The number of aromatic nitrogens is 2. The van der Waals surface area contributed by atoms with Gasteiger partial charge in [-0.05, 0) is 12.2 Å². The minimum atomic E-state index is -5.98. The molecule has 1 aromatic rings. The third-order valence-electron chi connectivity index (χ3n) is 3.81. The Labute approximate surface area is 185 Å². The Kier molecular flexibility index (Phi) is 8.01. The van der Waals surface area contributed by atoms with Gasteiger partial charge in [0.25, 0.3) is 5.85 Å². The van der Waals surface area contributed by atoms with Gasteiger partial charge in [0.05, 0.1) is 0 Å². The van der Waals surface area contributed by atoms with Crippen molar-refractivity contribution in [1.82, 2.24) is 9.55 Å². The standard InChI is InChI=1S/C10H14F4N3O12P3S/c11-2-9(13)6(18)10(14,27-7(9)17-1-4(12)5(15)16-8(17)33)3-26-31(22,23)29-32(24,25)28-30(19,20)21/h1,6-7,18H,2-3H2,(H,22,23)(H,24,25)(H2,15,16,33)(H2,19,20,21)/t6-,7-,9?,10-/m1/s1. The fourth-order valence-electron chi connectivity index (χ4n) is 2.48. The summed E-state index contributed by atoms with van der Waals surface area (Å²) in [6.07, 6.45) is -5.36. The maximum atomic E-state index is 15.1. The molecule has 1 aromatic heterocycles. The third kappa shape index (κ3) is 6.43. The molecule has 3 unspecified atom stereocenters. The molecule has 1 fully saturated rings. The quantitative estimate of drug-likeness (QED) is 0.138. The maximum absolute atomic E-state index is 15.1. The lowest BCUT2D eigenvalue weighted by atomic mass is 9.96. The molecule has 2 heterocycles. The van der Waals surface area contributed by atoms with E-state index in [-0.39, 0.29) is 4.57 Å². The lowest BCUT2D eigenvalue weighted by molar-refractivity contribution is -0.204. The summed E-state index contributed by atoms with van der Waals surface area (Å²) < 4.78 is 106. The van der Waals surface area contributed by atoms with Gasteiger partial charge in [0.15, 0.2) is 24.0 Å². The summed E-state index contributed by atoms with van der Waals surface area (Å²) in [6, 6.07) is 0. The predicted octanol–water partition coefficient (Wildman–Crippen LogP) is 0.910. The van der Waals surface area contributed by atoms with E-state index < -0.39 is 77.0 Å². The fraction of sp³-hybridized carbons (Fsp3) is 0.600. The zero-order valence-corrected chi connectivity index (χ0v) is 19.0. The molecule has 1 saturated heterocycles. The van der Waals surface area contributed by atoms with Gasteiger partial charge in [-0.3, -0.25) is 9.09 Å². The van der Waals surface area contributed by atoms with Gasteiger partial charge in [-0.25, -0.2) is 31.3 Å². The molecule has 0 aromatic carbocycles. The summed E-state index contributed by atoms with van der Waals surface area (Å²) in [4.78, 5) is 38.6. The number of hydrogen-bond donors (Lipinski definition) is 6. The summed E-state index contributed by atoms with van der Waals surface area (Å²) in [6.45, 7) is -4.17. The molecule has 1 aliphatic rings. The van der Waals surface area contributed by atoms with E-state index in [1.165, 1.54) is 0 Å². The molecule has 15 nitrogen and oxygen atoms in total. The van der Waals surface area contributed by atoms with Crippen molar-refractivity contribution in [3.8, 4) is 0 Å².